The Morgan fingerprint density at radius 2 is 1.65 bits per heavy atom. The Bertz CT molecular complexity index is 718. The van der Waals surface area contributed by atoms with E-state index in [1.807, 2.05) is 24.3 Å². The van der Waals surface area contributed by atoms with E-state index >= 15 is 0 Å². The minimum Gasteiger partial charge on any atom is -0.493 e. The molecule has 2 aromatic carbocycles. The van der Waals surface area contributed by atoms with E-state index in [4.69, 9.17) is 9.47 Å². The average molecular weight is 469 g/mol. The number of hydrogen-bond acceptors (Lipinski definition) is 3. The topological polar surface area (TPSA) is 54.9 Å². The smallest absolute Gasteiger partial charge is 0.195 e. The van der Waals surface area contributed by atoms with Crippen molar-refractivity contribution in [3.8, 4) is 11.5 Å². The Morgan fingerprint density at radius 3 is 2.23 bits per heavy atom. The molecular weight excluding hydrogens is 441 g/mol. The van der Waals surface area contributed by atoms with Crippen LogP contribution in [-0.2, 0) is 5.41 Å². The molecule has 2 N–H and O–H groups in total. The first-order valence-corrected chi connectivity index (χ1v) is 8.25. The van der Waals surface area contributed by atoms with Gasteiger partial charge in [-0.15, -0.1) is 24.0 Å². The van der Waals surface area contributed by atoms with Gasteiger partial charge in [0.2, 0.25) is 0 Å². The summed E-state index contributed by atoms with van der Waals surface area (Å²) in [5.74, 6) is 2.07. The zero-order valence-corrected chi connectivity index (χ0v) is 18.3. The summed E-state index contributed by atoms with van der Waals surface area (Å²) in [5.41, 5.74) is 2.14. The van der Waals surface area contributed by atoms with Gasteiger partial charge in [-0.25, -0.2) is 0 Å². The van der Waals surface area contributed by atoms with E-state index in [1.54, 1.807) is 21.3 Å². The lowest BCUT2D eigenvalue weighted by Crippen LogP contribution is -2.39. The lowest BCUT2D eigenvalue weighted by Gasteiger charge is -2.26. The SMILES string of the molecule is CN=C(NCC(C)(C)c1ccccc1)Nc1ccc(OC)c(OC)c1.I. The van der Waals surface area contributed by atoms with Gasteiger partial charge >= 0.3 is 0 Å². The van der Waals surface area contributed by atoms with Crippen LogP contribution in [0.5, 0.6) is 11.5 Å². The normalized spacial score (nSPS) is 11.3. The van der Waals surface area contributed by atoms with Crippen LogP contribution < -0.4 is 20.1 Å². The summed E-state index contributed by atoms with van der Waals surface area (Å²) in [5, 5.41) is 6.67. The standard InChI is InChI=1S/C20H27N3O2.HI/c1-20(2,15-9-7-6-8-10-15)14-22-19(21-3)23-16-11-12-17(24-4)18(13-16)25-5;/h6-13H,14H2,1-5H3,(H2,21,22,23);1H. The van der Waals surface area contributed by atoms with E-state index < -0.39 is 0 Å². The van der Waals surface area contributed by atoms with Crippen molar-refractivity contribution in [3.63, 3.8) is 0 Å². The number of ether oxygens (including phenoxy) is 2. The van der Waals surface area contributed by atoms with E-state index in [9.17, 15) is 0 Å². The van der Waals surface area contributed by atoms with Crippen LogP contribution in [0.4, 0.5) is 5.69 Å². The minimum absolute atomic E-state index is 0. The van der Waals surface area contributed by atoms with Gasteiger partial charge in [0, 0.05) is 30.8 Å². The second-order valence-corrected chi connectivity index (χ2v) is 6.37. The van der Waals surface area contributed by atoms with Gasteiger partial charge in [-0.05, 0) is 17.7 Å². The maximum atomic E-state index is 5.34. The Balaban J connectivity index is 0.00000338. The van der Waals surface area contributed by atoms with Crippen molar-refractivity contribution in [1.29, 1.82) is 0 Å². The second-order valence-electron chi connectivity index (χ2n) is 6.37. The van der Waals surface area contributed by atoms with E-state index in [0.717, 1.165) is 12.2 Å². The number of nitrogens with zero attached hydrogens (tertiary/aromatic N) is 1. The number of halogens is 1. The molecule has 0 aliphatic rings. The van der Waals surface area contributed by atoms with E-state index in [0.29, 0.717) is 17.5 Å². The van der Waals surface area contributed by atoms with Gasteiger partial charge in [-0.1, -0.05) is 44.2 Å². The molecule has 0 bridgehead atoms. The van der Waals surface area contributed by atoms with Crippen LogP contribution in [0.25, 0.3) is 0 Å². The molecule has 0 unspecified atom stereocenters. The molecule has 0 fully saturated rings. The van der Waals surface area contributed by atoms with Crippen LogP contribution in [0.1, 0.15) is 19.4 Å². The first-order chi connectivity index (χ1) is 12.0. The first kappa shape index (κ1) is 22.1. The molecule has 5 nitrogen and oxygen atoms in total. The summed E-state index contributed by atoms with van der Waals surface area (Å²) in [6, 6.07) is 16.1. The molecule has 26 heavy (non-hydrogen) atoms. The maximum absolute atomic E-state index is 5.34. The number of methoxy groups -OCH3 is 2. The average Bonchev–Trinajstić information content (AvgIpc) is 2.65. The molecule has 0 heterocycles. The van der Waals surface area contributed by atoms with Crippen molar-refractivity contribution in [2.24, 2.45) is 4.99 Å². The van der Waals surface area contributed by atoms with Crippen molar-refractivity contribution in [3.05, 3.63) is 54.1 Å². The molecule has 2 aromatic rings. The van der Waals surface area contributed by atoms with Crippen LogP contribution >= 0.6 is 24.0 Å². The quantitative estimate of drug-likeness (QED) is 0.377. The zero-order valence-electron chi connectivity index (χ0n) is 16.0. The van der Waals surface area contributed by atoms with Crippen LogP contribution in [0.2, 0.25) is 0 Å². The van der Waals surface area contributed by atoms with E-state index in [2.05, 4.69) is 53.7 Å². The highest BCUT2D eigenvalue weighted by molar-refractivity contribution is 14.0. The third-order valence-corrected chi connectivity index (χ3v) is 4.12. The number of anilines is 1. The maximum Gasteiger partial charge on any atom is 0.195 e. The number of nitrogens with one attached hydrogen (secondary N) is 2. The van der Waals surface area contributed by atoms with E-state index in [1.165, 1.54) is 5.56 Å². The van der Waals surface area contributed by atoms with Gasteiger partial charge in [0.25, 0.3) is 0 Å². The monoisotopic (exact) mass is 469 g/mol. The van der Waals surface area contributed by atoms with Crippen LogP contribution in [0, 0.1) is 0 Å². The molecule has 0 aromatic heterocycles. The third-order valence-electron chi connectivity index (χ3n) is 4.12. The number of benzene rings is 2. The lowest BCUT2D eigenvalue weighted by atomic mass is 9.85. The van der Waals surface area contributed by atoms with Crippen LogP contribution in [0.15, 0.2) is 53.5 Å². The molecule has 0 radical (unpaired) electrons. The molecule has 0 aliphatic heterocycles. The van der Waals surface area contributed by atoms with Crippen LogP contribution in [0.3, 0.4) is 0 Å². The van der Waals surface area contributed by atoms with Crippen molar-refractivity contribution < 1.29 is 9.47 Å². The summed E-state index contributed by atoms with van der Waals surface area (Å²) in [6.07, 6.45) is 0. The highest BCUT2D eigenvalue weighted by Gasteiger charge is 2.20. The highest BCUT2D eigenvalue weighted by atomic mass is 127. The Hall–Kier alpha value is -1.96. The number of guanidine groups is 1. The molecule has 0 atom stereocenters. The summed E-state index contributed by atoms with van der Waals surface area (Å²) in [7, 11) is 5.00. The fourth-order valence-electron chi connectivity index (χ4n) is 2.53. The molecule has 2 rings (SSSR count). The zero-order chi connectivity index (χ0) is 18.3. The first-order valence-electron chi connectivity index (χ1n) is 8.25. The molecule has 6 heteroatoms. The molecule has 142 valence electrons. The van der Waals surface area contributed by atoms with Crippen molar-refractivity contribution in [1.82, 2.24) is 5.32 Å². The van der Waals surface area contributed by atoms with Gasteiger partial charge in [-0.3, -0.25) is 4.99 Å². The fraction of sp³-hybridized carbons (Fsp3) is 0.350. The van der Waals surface area contributed by atoms with Crippen LogP contribution in [-0.4, -0.2) is 33.8 Å². The molecule has 0 saturated carbocycles. The molecular formula is C20H28IN3O2. The molecule has 0 aliphatic carbocycles. The largest absolute Gasteiger partial charge is 0.493 e. The number of hydrogen-bond donors (Lipinski definition) is 2. The summed E-state index contributed by atoms with van der Waals surface area (Å²) in [6.45, 7) is 5.17. The summed E-state index contributed by atoms with van der Waals surface area (Å²) < 4.78 is 10.6. The minimum atomic E-state index is -0.0174. The van der Waals surface area contributed by atoms with Crippen molar-refractivity contribution in [2.75, 3.05) is 33.1 Å². The molecule has 0 saturated heterocycles. The highest BCUT2D eigenvalue weighted by Crippen LogP contribution is 2.29. The van der Waals surface area contributed by atoms with Gasteiger partial charge < -0.3 is 20.1 Å². The second kappa shape index (κ2) is 10.3. The third kappa shape index (κ3) is 5.79. The van der Waals surface area contributed by atoms with Gasteiger partial charge in [0.1, 0.15) is 0 Å². The predicted octanol–water partition coefficient (Wildman–Crippen LogP) is 4.29. The molecule has 0 amide bonds. The van der Waals surface area contributed by atoms with Crippen molar-refractivity contribution >= 4 is 35.6 Å². The summed E-state index contributed by atoms with van der Waals surface area (Å²) >= 11 is 0. The van der Waals surface area contributed by atoms with E-state index in [-0.39, 0.29) is 29.4 Å². The number of aliphatic imine (C=N–C) groups is 1. The Labute approximate surface area is 173 Å². The van der Waals surface area contributed by atoms with Gasteiger partial charge in [0.05, 0.1) is 14.2 Å². The number of rotatable bonds is 6. The summed E-state index contributed by atoms with van der Waals surface area (Å²) in [4.78, 5) is 4.30. The van der Waals surface area contributed by atoms with Gasteiger partial charge in [-0.2, -0.15) is 0 Å². The predicted molar refractivity (Wildman–Crippen MR) is 119 cm³/mol. The Morgan fingerprint density at radius 1 is 1.00 bits per heavy atom. The fourth-order valence-corrected chi connectivity index (χ4v) is 2.53. The van der Waals surface area contributed by atoms with Gasteiger partial charge in [0.15, 0.2) is 17.5 Å². The molecule has 0 spiro atoms. The van der Waals surface area contributed by atoms with Crippen molar-refractivity contribution in [2.45, 2.75) is 19.3 Å². The lowest BCUT2D eigenvalue weighted by molar-refractivity contribution is 0.355. The Kier molecular flexibility index (Phi) is 8.71.